The molecule has 2 heterocycles. The van der Waals surface area contributed by atoms with Gasteiger partial charge in [-0.25, -0.2) is 0 Å². The molecule has 0 bridgehead atoms. The van der Waals surface area contributed by atoms with Crippen molar-refractivity contribution in [3.63, 3.8) is 0 Å². The van der Waals surface area contributed by atoms with E-state index in [-0.39, 0.29) is 0 Å². The van der Waals surface area contributed by atoms with Gasteiger partial charge in [0, 0.05) is 24.0 Å². The van der Waals surface area contributed by atoms with E-state index in [0.717, 1.165) is 6.54 Å². The molecule has 0 aliphatic carbocycles. The van der Waals surface area contributed by atoms with Gasteiger partial charge in [0.2, 0.25) is 0 Å². The molecule has 2 rings (SSSR count). The van der Waals surface area contributed by atoms with Gasteiger partial charge in [0.25, 0.3) is 0 Å². The Morgan fingerprint density at radius 2 is 2.06 bits per heavy atom. The van der Waals surface area contributed by atoms with E-state index in [2.05, 4.69) is 34.7 Å². The third-order valence-electron chi connectivity index (χ3n) is 3.44. The van der Waals surface area contributed by atoms with Gasteiger partial charge in [-0.15, -0.1) is 11.3 Å². The van der Waals surface area contributed by atoms with Crippen LogP contribution in [0.2, 0.25) is 0 Å². The molecule has 1 saturated heterocycles. The summed E-state index contributed by atoms with van der Waals surface area (Å²) in [6, 6.07) is 4.92. The fourth-order valence-corrected chi connectivity index (χ4v) is 3.11. The Hall–Kier alpha value is -0.380. The van der Waals surface area contributed by atoms with E-state index in [1.165, 1.54) is 50.2 Å². The molecule has 0 spiro atoms. The van der Waals surface area contributed by atoms with Crippen LogP contribution >= 0.6 is 11.3 Å². The zero-order chi connectivity index (χ0) is 11.9. The average molecular weight is 252 g/mol. The molecule has 1 unspecified atom stereocenters. The Kier molecular flexibility index (Phi) is 5.49. The highest BCUT2D eigenvalue weighted by Gasteiger charge is 2.12. The van der Waals surface area contributed by atoms with Gasteiger partial charge in [-0.05, 0) is 44.3 Å². The molecule has 0 saturated carbocycles. The van der Waals surface area contributed by atoms with Crippen LogP contribution in [0.1, 0.15) is 37.5 Å². The topological polar surface area (TPSA) is 15.3 Å². The first kappa shape index (κ1) is 13.1. The SMILES string of the molecule is CC(CN1CCCCCC1)NCc1cccs1. The Bertz CT molecular complexity index is 289. The third kappa shape index (κ3) is 4.78. The molecule has 1 fully saturated rings. The minimum Gasteiger partial charge on any atom is -0.308 e. The maximum atomic E-state index is 3.62. The summed E-state index contributed by atoms with van der Waals surface area (Å²) in [6.07, 6.45) is 5.62. The molecule has 3 heteroatoms. The summed E-state index contributed by atoms with van der Waals surface area (Å²) in [5.41, 5.74) is 0. The first-order chi connectivity index (χ1) is 8.34. The van der Waals surface area contributed by atoms with Gasteiger partial charge in [0.1, 0.15) is 0 Å². The average Bonchev–Trinajstić information content (AvgIpc) is 2.72. The van der Waals surface area contributed by atoms with E-state index in [9.17, 15) is 0 Å². The molecule has 1 aliphatic heterocycles. The summed E-state index contributed by atoms with van der Waals surface area (Å²) in [7, 11) is 0. The van der Waals surface area contributed by atoms with E-state index < -0.39 is 0 Å². The van der Waals surface area contributed by atoms with Crippen molar-refractivity contribution in [3.05, 3.63) is 22.4 Å². The number of likely N-dealkylation sites (tertiary alicyclic amines) is 1. The molecule has 0 aromatic carbocycles. The maximum Gasteiger partial charge on any atom is 0.0302 e. The number of hydrogen-bond donors (Lipinski definition) is 1. The van der Waals surface area contributed by atoms with Crippen molar-refractivity contribution in [2.75, 3.05) is 19.6 Å². The lowest BCUT2D eigenvalue weighted by Crippen LogP contribution is -2.39. The van der Waals surface area contributed by atoms with Crippen molar-refractivity contribution in [1.29, 1.82) is 0 Å². The predicted molar refractivity (Wildman–Crippen MR) is 75.5 cm³/mol. The standard InChI is InChI=1S/C14H24N2S/c1-13(15-11-14-7-6-10-17-14)12-16-8-4-2-3-5-9-16/h6-7,10,13,15H,2-5,8-9,11-12H2,1H3. The molecule has 1 aliphatic rings. The van der Waals surface area contributed by atoms with E-state index in [0.29, 0.717) is 6.04 Å². The Labute approximate surface area is 109 Å². The second-order valence-electron chi connectivity index (χ2n) is 5.08. The van der Waals surface area contributed by atoms with Crippen LogP contribution in [-0.2, 0) is 6.54 Å². The molecule has 0 radical (unpaired) electrons. The Balaban J connectivity index is 1.67. The lowest BCUT2D eigenvalue weighted by molar-refractivity contribution is 0.256. The van der Waals surface area contributed by atoms with E-state index in [1.54, 1.807) is 0 Å². The highest BCUT2D eigenvalue weighted by Crippen LogP contribution is 2.11. The highest BCUT2D eigenvalue weighted by molar-refractivity contribution is 7.09. The van der Waals surface area contributed by atoms with Gasteiger partial charge in [-0.1, -0.05) is 18.9 Å². The van der Waals surface area contributed by atoms with Gasteiger partial charge >= 0.3 is 0 Å². The smallest absolute Gasteiger partial charge is 0.0302 e. The monoisotopic (exact) mass is 252 g/mol. The van der Waals surface area contributed by atoms with Crippen LogP contribution in [0.25, 0.3) is 0 Å². The summed E-state index contributed by atoms with van der Waals surface area (Å²) in [6.45, 7) is 7.12. The van der Waals surface area contributed by atoms with Crippen LogP contribution in [0.4, 0.5) is 0 Å². The minimum atomic E-state index is 0.593. The first-order valence-corrected chi connectivity index (χ1v) is 7.70. The fourth-order valence-electron chi connectivity index (χ4n) is 2.46. The van der Waals surface area contributed by atoms with Crippen LogP contribution in [-0.4, -0.2) is 30.6 Å². The lowest BCUT2D eigenvalue weighted by Gasteiger charge is -2.24. The summed E-state index contributed by atoms with van der Waals surface area (Å²) in [4.78, 5) is 4.06. The van der Waals surface area contributed by atoms with Gasteiger partial charge in [-0.3, -0.25) is 0 Å². The fraction of sp³-hybridized carbons (Fsp3) is 0.714. The van der Waals surface area contributed by atoms with Crippen LogP contribution in [0.5, 0.6) is 0 Å². The molecule has 1 N–H and O–H groups in total. The predicted octanol–water partition coefficient (Wildman–Crippen LogP) is 3.10. The second kappa shape index (κ2) is 7.14. The quantitative estimate of drug-likeness (QED) is 0.866. The molecule has 0 amide bonds. The van der Waals surface area contributed by atoms with Crippen LogP contribution in [0.3, 0.4) is 0 Å². The van der Waals surface area contributed by atoms with Crippen LogP contribution in [0, 0.1) is 0 Å². The normalized spacial score (nSPS) is 20.1. The zero-order valence-corrected chi connectivity index (χ0v) is 11.6. The second-order valence-corrected chi connectivity index (χ2v) is 6.11. The first-order valence-electron chi connectivity index (χ1n) is 6.83. The molecular formula is C14H24N2S. The van der Waals surface area contributed by atoms with Gasteiger partial charge in [0.15, 0.2) is 0 Å². The van der Waals surface area contributed by atoms with E-state index in [1.807, 2.05) is 11.3 Å². The molecule has 2 nitrogen and oxygen atoms in total. The molecular weight excluding hydrogens is 228 g/mol. The zero-order valence-electron chi connectivity index (χ0n) is 10.8. The van der Waals surface area contributed by atoms with Crippen molar-refractivity contribution in [2.45, 2.75) is 45.2 Å². The number of nitrogens with zero attached hydrogens (tertiary/aromatic N) is 1. The van der Waals surface area contributed by atoms with Gasteiger partial charge < -0.3 is 10.2 Å². The van der Waals surface area contributed by atoms with Gasteiger partial charge in [-0.2, -0.15) is 0 Å². The maximum absolute atomic E-state index is 3.62. The third-order valence-corrected chi connectivity index (χ3v) is 4.31. The van der Waals surface area contributed by atoms with Crippen molar-refractivity contribution >= 4 is 11.3 Å². The highest BCUT2D eigenvalue weighted by atomic mass is 32.1. The molecule has 1 atom stereocenters. The largest absolute Gasteiger partial charge is 0.308 e. The minimum absolute atomic E-state index is 0.593. The molecule has 1 aromatic heterocycles. The summed E-state index contributed by atoms with van der Waals surface area (Å²) in [5, 5.41) is 5.77. The molecule has 96 valence electrons. The number of thiophene rings is 1. The summed E-state index contributed by atoms with van der Waals surface area (Å²) in [5.74, 6) is 0. The van der Waals surface area contributed by atoms with E-state index >= 15 is 0 Å². The van der Waals surface area contributed by atoms with Crippen LogP contribution in [0.15, 0.2) is 17.5 Å². The van der Waals surface area contributed by atoms with Crippen LogP contribution < -0.4 is 5.32 Å². The Morgan fingerprint density at radius 1 is 1.29 bits per heavy atom. The number of rotatable bonds is 5. The van der Waals surface area contributed by atoms with Gasteiger partial charge in [0.05, 0.1) is 0 Å². The van der Waals surface area contributed by atoms with Crippen molar-refractivity contribution in [3.8, 4) is 0 Å². The van der Waals surface area contributed by atoms with Crippen molar-refractivity contribution in [2.24, 2.45) is 0 Å². The number of hydrogen-bond acceptors (Lipinski definition) is 3. The van der Waals surface area contributed by atoms with Crippen molar-refractivity contribution < 1.29 is 0 Å². The molecule has 1 aromatic rings. The number of nitrogens with one attached hydrogen (secondary N) is 1. The summed E-state index contributed by atoms with van der Waals surface area (Å²) >= 11 is 1.84. The van der Waals surface area contributed by atoms with Crippen molar-refractivity contribution in [1.82, 2.24) is 10.2 Å². The Morgan fingerprint density at radius 3 is 2.71 bits per heavy atom. The summed E-state index contributed by atoms with van der Waals surface area (Å²) < 4.78 is 0. The lowest BCUT2D eigenvalue weighted by atomic mass is 10.2. The van der Waals surface area contributed by atoms with E-state index in [4.69, 9.17) is 0 Å². The molecule has 17 heavy (non-hydrogen) atoms.